The van der Waals surface area contributed by atoms with Crippen molar-refractivity contribution in [2.45, 2.75) is 24.0 Å². The summed E-state index contributed by atoms with van der Waals surface area (Å²) in [5.74, 6) is 1.03. The first-order chi connectivity index (χ1) is 7.38. The number of thioether (sulfide) groups is 1. The highest BCUT2D eigenvalue weighted by Crippen LogP contribution is 2.34. The van der Waals surface area contributed by atoms with Crippen LogP contribution in [0, 0.1) is 0 Å². The molecule has 1 aromatic heterocycles. The summed E-state index contributed by atoms with van der Waals surface area (Å²) in [4.78, 5) is 1.33. The highest BCUT2D eigenvalue weighted by atomic mass is 32.2. The molecule has 0 aliphatic carbocycles. The minimum Gasteiger partial charge on any atom is -0.236 e. The normalized spacial score (nSPS) is 13.4. The maximum atomic E-state index is 4.61. The fraction of sp³-hybridized carbons (Fsp3) is 0.250. The molecule has 0 amide bonds. The number of para-hydroxylation sites is 1. The van der Waals surface area contributed by atoms with E-state index in [2.05, 4.69) is 47.0 Å². The number of hydrogen-bond acceptors (Lipinski definition) is 2. The van der Waals surface area contributed by atoms with Crippen LogP contribution in [0.2, 0.25) is 0 Å². The van der Waals surface area contributed by atoms with E-state index in [1.807, 2.05) is 11.8 Å². The predicted molar refractivity (Wildman–Crippen MR) is 62.5 cm³/mol. The first-order valence-electron chi connectivity index (χ1n) is 5.18. The number of aromatic nitrogens is 2. The standard InChI is InChI=1S/C12H12N2S/c1-2-9-7-10-8-15-12-6-4-3-5-11(12)14(10)13-9/h3-7H,2,8H2,1H3. The molecule has 0 saturated carbocycles. The third-order valence-electron chi connectivity index (χ3n) is 2.66. The number of nitrogens with zero attached hydrogens (tertiary/aromatic N) is 2. The predicted octanol–water partition coefficient (Wildman–Crippen LogP) is 3.04. The van der Waals surface area contributed by atoms with Gasteiger partial charge in [0.15, 0.2) is 0 Å². The summed E-state index contributed by atoms with van der Waals surface area (Å²) in [7, 11) is 0. The molecule has 76 valence electrons. The van der Waals surface area contributed by atoms with Crippen molar-refractivity contribution in [3.8, 4) is 5.69 Å². The van der Waals surface area contributed by atoms with Crippen LogP contribution in [0.3, 0.4) is 0 Å². The lowest BCUT2D eigenvalue weighted by Gasteiger charge is -2.16. The van der Waals surface area contributed by atoms with Crippen molar-refractivity contribution < 1.29 is 0 Å². The van der Waals surface area contributed by atoms with Gasteiger partial charge in [0.25, 0.3) is 0 Å². The van der Waals surface area contributed by atoms with Crippen LogP contribution in [0.25, 0.3) is 5.69 Å². The second-order valence-corrected chi connectivity index (χ2v) is 4.67. The van der Waals surface area contributed by atoms with Gasteiger partial charge in [-0.2, -0.15) is 5.10 Å². The molecule has 0 fully saturated rings. The third kappa shape index (κ3) is 1.38. The van der Waals surface area contributed by atoms with E-state index < -0.39 is 0 Å². The SMILES string of the molecule is CCc1cc2n(n1)-c1ccccc1SC2. The largest absolute Gasteiger partial charge is 0.236 e. The Bertz CT molecular complexity index is 502. The van der Waals surface area contributed by atoms with Gasteiger partial charge in [-0.05, 0) is 24.6 Å². The molecule has 0 atom stereocenters. The lowest BCUT2D eigenvalue weighted by Crippen LogP contribution is -2.06. The summed E-state index contributed by atoms with van der Waals surface area (Å²) >= 11 is 1.89. The lowest BCUT2D eigenvalue weighted by atomic mass is 10.3. The van der Waals surface area contributed by atoms with E-state index in [-0.39, 0.29) is 0 Å². The molecule has 3 rings (SSSR count). The van der Waals surface area contributed by atoms with Gasteiger partial charge in [-0.25, -0.2) is 4.68 Å². The van der Waals surface area contributed by atoms with Crippen LogP contribution in [0.15, 0.2) is 35.2 Å². The number of fused-ring (bicyclic) bond motifs is 3. The van der Waals surface area contributed by atoms with E-state index >= 15 is 0 Å². The Balaban J connectivity index is 2.20. The monoisotopic (exact) mass is 216 g/mol. The van der Waals surface area contributed by atoms with Gasteiger partial charge in [0.2, 0.25) is 0 Å². The number of benzene rings is 1. The van der Waals surface area contributed by atoms with Crippen molar-refractivity contribution >= 4 is 11.8 Å². The van der Waals surface area contributed by atoms with Gasteiger partial charge in [0.1, 0.15) is 0 Å². The van der Waals surface area contributed by atoms with Crippen LogP contribution in [-0.4, -0.2) is 9.78 Å². The van der Waals surface area contributed by atoms with E-state index in [0.717, 1.165) is 12.2 Å². The van der Waals surface area contributed by atoms with E-state index in [4.69, 9.17) is 0 Å². The molecule has 1 aromatic carbocycles. The molecule has 0 bridgehead atoms. The molecule has 15 heavy (non-hydrogen) atoms. The maximum Gasteiger partial charge on any atom is 0.0785 e. The Hall–Kier alpha value is -1.22. The summed E-state index contributed by atoms with van der Waals surface area (Å²) in [6, 6.07) is 10.7. The second kappa shape index (κ2) is 3.42. The molecule has 0 unspecified atom stereocenters. The maximum absolute atomic E-state index is 4.61. The molecule has 2 nitrogen and oxygen atoms in total. The molecule has 0 N–H and O–H groups in total. The van der Waals surface area contributed by atoms with Gasteiger partial charge >= 0.3 is 0 Å². The zero-order chi connectivity index (χ0) is 10.3. The number of hydrogen-bond donors (Lipinski definition) is 0. The van der Waals surface area contributed by atoms with Crippen molar-refractivity contribution in [1.29, 1.82) is 0 Å². The molecule has 0 saturated heterocycles. The van der Waals surface area contributed by atoms with E-state index in [1.54, 1.807) is 0 Å². The average Bonchev–Trinajstić information content (AvgIpc) is 2.72. The van der Waals surface area contributed by atoms with Gasteiger partial charge in [-0.3, -0.25) is 0 Å². The van der Waals surface area contributed by atoms with Crippen LogP contribution in [0.4, 0.5) is 0 Å². The molecular formula is C12H12N2S. The molecule has 2 aromatic rings. The Morgan fingerprint density at radius 2 is 2.27 bits per heavy atom. The van der Waals surface area contributed by atoms with E-state index in [1.165, 1.54) is 22.0 Å². The van der Waals surface area contributed by atoms with Crippen LogP contribution < -0.4 is 0 Å². The number of aryl methyl sites for hydroxylation is 1. The van der Waals surface area contributed by atoms with Crippen LogP contribution in [0.1, 0.15) is 18.3 Å². The summed E-state index contributed by atoms with van der Waals surface area (Å²) < 4.78 is 2.09. The fourth-order valence-electron chi connectivity index (χ4n) is 1.87. The van der Waals surface area contributed by atoms with Crippen LogP contribution in [-0.2, 0) is 12.2 Å². The summed E-state index contributed by atoms with van der Waals surface area (Å²) in [5.41, 5.74) is 3.72. The van der Waals surface area contributed by atoms with Crippen LogP contribution >= 0.6 is 11.8 Å². The Morgan fingerprint density at radius 3 is 3.13 bits per heavy atom. The summed E-state index contributed by atoms with van der Waals surface area (Å²) in [6.07, 6.45) is 1.01. The molecule has 1 aliphatic rings. The van der Waals surface area contributed by atoms with Crippen molar-refractivity contribution in [2.75, 3.05) is 0 Å². The first kappa shape index (κ1) is 9.04. The van der Waals surface area contributed by atoms with Gasteiger partial charge in [0, 0.05) is 10.6 Å². The van der Waals surface area contributed by atoms with Crippen molar-refractivity contribution in [2.24, 2.45) is 0 Å². The van der Waals surface area contributed by atoms with E-state index in [0.29, 0.717) is 0 Å². The van der Waals surface area contributed by atoms with E-state index in [9.17, 15) is 0 Å². The van der Waals surface area contributed by atoms with Crippen molar-refractivity contribution in [3.05, 3.63) is 41.7 Å². The smallest absolute Gasteiger partial charge is 0.0785 e. The zero-order valence-corrected chi connectivity index (χ0v) is 9.42. The topological polar surface area (TPSA) is 17.8 Å². The lowest BCUT2D eigenvalue weighted by molar-refractivity contribution is 0.793. The first-order valence-corrected chi connectivity index (χ1v) is 6.17. The zero-order valence-electron chi connectivity index (χ0n) is 8.60. The quantitative estimate of drug-likeness (QED) is 0.729. The Kier molecular flexibility index (Phi) is 2.06. The molecule has 0 radical (unpaired) electrons. The highest BCUT2D eigenvalue weighted by Gasteiger charge is 2.17. The highest BCUT2D eigenvalue weighted by molar-refractivity contribution is 7.98. The van der Waals surface area contributed by atoms with Crippen LogP contribution in [0.5, 0.6) is 0 Å². The Labute approximate surface area is 93.3 Å². The Morgan fingerprint density at radius 1 is 1.40 bits per heavy atom. The molecule has 3 heteroatoms. The summed E-state index contributed by atoms with van der Waals surface area (Å²) in [6.45, 7) is 2.15. The molecule has 2 heterocycles. The van der Waals surface area contributed by atoms with Gasteiger partial charge in [0.05, 0.1) is 17.1 Å². The van der Waals surface area contributed by atoms with Crippen molar-refractivity contribution in [1.82, 2.24) is 9.78 Å². The summed E-state index contributed by atoms with van der Waals surface area (Å²) in [5, 5.41) is 4.61. The average molecular weight is 216 g/mol. The molecule has 0 spiro atoms. The fourth-order valence-corrected chi connectivity index (χ4v) is 2.85. The third-order valence-corrected chi connectivity index (χ3v) is 3.76. The minimum absolute atomic E-state index is 1.01. The van der Waals surface area contributed by atoms with Gasteiger partial charge in [-0.15, -0.1) is 11.8 Å². The minimum atomic E-state index is 1.01. The van der Waals surface area contributed by atoms with Gasteiger partial charge in [-0.1, -0.05) is 19.1 Å². The molecule has 1 aliphatic heterocycles. The second-order valence-electron chi connectivity index (χ2n) is 3.65. The van der Waals surface area contributed by atoms with Crippen molar-refractivity contribution in [3.63, 3.8) is 0 Å². The van der Waals surface area contributed by atoms with Gasteiger partial charge < -0.3 is 0 Å². The molecular weight excluding hydrogens is 204 g/mol. The number of rotatable bonds is 1.